The molecule has 3 N–H and O–H groups in total. The van der Waals surface area contributed by atoms with Gasteiger partial charge in [-0.05, 0) is 18.2 Å². The summed E-state index contributed by atoms with van der Waals surface area (Å²) in [5, 5.41) is 13.0. The van der Waals surface area contributed by atoms with Crippen molar-refractivity contribution in [1.29, 1.82) is 0 Å². The zero-order valence-corrected chi connectivity index (χ0v) is 11.6. The third-order valence-electron chi connectivity index (χ3n) is 3.39. The summed E-state index contributed by atoms with van der Waals surface area (Å²) in [6, 6.07) is 9.67. The van der Waals surface area contributed by atoms with Crippen LogP contribution in [-0.2, 0) is 9.53 Å². The van der Waals surface area contributed by atoms with Gasteiger partial charge in [-0.3, -0.25) is 9.89 Å². The van der Waals surface area contributed by atoms with E-state index in [1.54, 1.807) is 6.20 Å². The fourth-order valence-electron chi connectivity index (χ4n) is 2.37. The Balaban J connectivity index is 1.62. The van der Waals surface area contributed by atoms with Crippen LogP contribution < -0.4 is 10.6 Å². The number of amides is 1. The molecule has 1 aromatic carbocycles. The lowest BCUT2D eigenvalue weighted by atomic mass is 10.1. The van der Waals surface area contributed by atoms with E-state index in [4.69, 9.17) is 4.74 Å². The molecule has 0 spiro atoms. The number of rotatable bonds is 4. The van der Waals surface area contributed by atoms with Crippen LogP contribution in [0.5, 0.6) is 0 Å². The van der Waals surface area contributed by atoms with E-state index < -0.39 is 0 Å². The quantitative estimate of drug-likeness (QED) is 0.793. The first-order chi connectivity index (χ1) is 10.3. The minimum Gasteiger partial charge on any atom is -0.378 e. The second kappa shape index (κ2) is 6.51. The molecule has 1 unspecified atom stereocenters. The van der Waals surface area contributed by atoms with Crippen molar-refractivity contribution in [2.24, 2.45) is 0 Å². The van der Waals surface area contributed by atoms with Crippen LogP contribution in [0.15, 0.2) is 36.5 Å². The molecule has 0 bridgehead atoms. The summed E-state index contributed by atoms with van der Waals surface area (Å²) in [6.45, 7) is 2.10. The maximum atomic E-state index is 12.1. The average Bonchev–Trinajstić information content (AvgIpc) is 3.02. The van der Waals surface area contributed by atoms with Crippen LogP contribution in [0.3, 0.4) is 0 Å². The zero-order valence-electron chi connectivity index (χ0n) is 11.6. The van der Waals surface area contributed by atoms with E-state index in [1.165, 1.54) is 0 Å². The van der Waals surface area contributed by atoms with Gasteiger partial charge in [-0.15, -0.1) is 0 Å². The number of H-pyrrole nitrogens is 1. The number of morpholine rings is 1. The molecule has 6 nitrogen and oxygen atoms in total. The number of anilines is 1. The molecule has 1 aliphatic heterocycles. The van der Waals surface area contributed by atoms with Gasteiger partial charge < -0.3 is 15.4 Å². The van der Waals surface area contributed by atoms with Gasteiger partial charge in [-0.1, -0.05) is 12.1 Å². The van der Waals surface area contributed by atoms with Gasteiger partial charge in [0.2, 0.25) is 5.91 Å². The normalized spacial score (nSPS) is 18.4. The number of hydrogen-bond acceptors (Lipinski definition) is 4. The van der Waals surface area contributed by atoms with Gasteiger partial charge >= 0.3 is 0 Å². The predicted octanol–water partition coefficient (Wildman–Crippen LogP) is 1.39. The molecule has 3 rings (SSSR count). The Morgan fingerprint density at radius 2 is 2.38 bits per heavy atom. The minimum atomic E-state index is -0.0141. The zero-order chi connectivity index (χ0) is 14.5. The van der Waals surface area contributed by atoms with E-state index >= 15 is 0 Å². The van der Waals surface area contributed by atoms with E-state index in [9.17, 15) is 4.79 Å². The first kappa shape index (κ1) is 13.8. The molecular formula is C15H18N4O2. The minimum absolute atomic E-state index is 0.0141. The number of nitrogens with zero attached hydrogens (tertiary/aromatic N) is 1. The largest absolute Gasteiger partial charge is 0.378 e. The number of nitrogens with one attached hydrogen (secondary N) is 3. The SMILES string of the molecule is O=C(CC1COCCN1)Nc1cccc(-c2ccn[nH]2)c1. The third kappa shape index (κ3) is 3.68. The Morgan fingerprint density at radius 3 is 3.14 bits per heavy atom. The first-order valence-corrected chi connectivity index (χ1v) is 7.02. The van der Waals surface area contributed by atoms with Crippen LogP contribution in [-0.4, -0.2) is 41.9 Å². The summed E-state index contributed by atoms with van der Waals surface area (Å²) in [6.07, 6.45) is 2.11. The number of ether oxygens (including phenoxy) is 1. The Hall–Kier alpha value is -2.18. The topological polar surface area (TPSA) is 79.0 Å². The smallest absolute Gasteiger partial charge is 0.226 e. The Bertz CT molecular complexity index is 591. The highest BCUT2D eigenvalue weighted by atomic mass is 16.5. The van der Waals surface area contributed by atoms with Gasteiger partial charge in [0, 0.05) is 36.5 Å². The van der Waals surface area contributed by atoms with Gasteiger partial charge in [-0.25, -0.2) is 0 Å². The van der Waals surface area contributed by atoms with Crippen LogP contribution in [0.25, 0.3) is 11.3 Å². The van der Waals surface area contributed by atoms with Crippen molar-refractivity contribution in [2.45, 2.75) is 12.5 Å². The number of benzene rings is 1. The molecule has 6 heteroatoms. The fourth-order valence-corrected chi connectivity index (χ4v) is 2.37. The van der Waals surface area contributed by atoms with Crippen molar-refractivity contribution >= 4 is 11.6 Å². The molecule has 2 heterocycles. The third-order valence-corrected chi connectivity index (χ3v) is 3.39. The maximum absolute atomic E-state index is 12.1. The number of carbonyl (C=O) groups is 1. The lowest BCUT2D eigenvalue weighted by Gasteiger charge is -2.23. The molecule has 1 fully saturated rings. The maximum Gasteiger partial charge on any atom is 0.226 e. The molecule has 1 saturated heterocycles. The van der Waals surface area contributed by atoms with Crippen LogP contribution >= 0.6 is 0 Å². The van der Waals surface area contributed by atoms with Gasteiger partial charge in [0.25, 0.3) is 0 Å². The summed E-state index contributed by atoms with van der Waals surface area (Å²) >= 11 is 0. The van der Waals surface area contributed by atoms with E-state index in [1.807, 2.05) is 30.3 Å². The molecule has 2 aromatic rings. The summed E-state index contributed by atoms with van der Waals surface area (Å²) in [7, 11) is 0. The van der Waals surface area contributed by atoms with E-state index in [2.05, 4.69) is 20.8 Å². The van der Waals surface area contributed by atoms with Crippen LogP contribution in [0, 0.1) is 0 Å². The fraction of sp³-hybridized carbons (Fsp3) is 0.333. The van der Waals surface area contributed by atoms with Crippen molar-refractivity contribution in [3.63, 3.8) is 0 Å². The van der Waals surface area contributed by atoms with Crippen molar-refractivity contribution < 1.29 is 9.53 Å². The molecule has 110 valence electrons. The Kier molecular flexibility index (Phi) is 4.28. The Morgan fingerprint density at radius 1 is 1.43 bits per heavy atom. The summed E-state index contributed by atoms with van der Waals surface area (Å²) in [5.41, 5.74) is 2.70. The molecule has 0 saturated carbocycles. The molecule has 1 aliphatic rings. The van der Waals surface area contributed by atoms with Gasteiger partial charge in [0.1, 0.15) is 0 Å². The van der Waals surface area contributed by atoms with Crippen LogP contribution in [0.4, 0.5) is 5.69 Å². The second-order valence-electron chi connectivity index (χ2n) is 5.03. The Labute approximate surface area is 122 Å². The number of aromatic amines is 1. The summed E-state index contributed by atoms with van der Waals surface area (Å²) in [4.78, 5) is 12.1. The highest BCUT2D eigenvalue weighted by Crippen LogP contribution is 2.20. The second-order valence-corrected chi connectivity index (χ2v) is 5.03. The number of carbonyl (C=O) groups excluding carboxylic acids is 1. The first-order valence-electron chi connectivity index (χ1n) is 7.02. The lowest BCUT2D eigenvalue weighted by Crippen LogP contribution is -2.43. The summed E-state index contributed by atoms with van der Waals surface area (Å²) < 4.78 is 5.35. The molecule has 1 atom stereocenters. The van der Waals surface area contributed by atoms with Crippen LogP contribution in [0.1, 0.15) is 6.42 Å². The van der Waals surface area contributed by atoms with E-state index in [-0.39, 0.29) is 11.9 Å². The molecule has 0 aliphatic carbocycles. The molecule has 0 radical (unpaired) electrons. The lowest BCUT2D eigenvalue weighted by molar-refractivity contribution is -0.117. The van der Waals surface area contributed by atoms with Gasteiger partial charge in [0.15, 0.2) is 0 Å². The standard InChI is InChI=1S/C15H18N4O2/c20-15(9-13-10-21-7-6-16-13)18-12-3-1-2-11(8-12)14-4-5-17-19-14/h1-5,8,13,16H,6-7,9-10H2,(H,17,19)(H,18,20). The van der Waals surface area contributed by atoms with Crippen LogP contribution in [0.2, 0.25) is 0 Å². The number of hydrogen-bond donors (Lipinski definition) is 3. The van der Waals surface area contributed by atoms with E-state index in [0.717, 1.165) is 23.5 Å². The summed E-state index contributed by atoms with van der Waals surface area (Å²) in [5.74, 6) is -0.0141. The highest BCUT2D eigenvalue weighted by Gasteiger charge is 2.16. The van der Waals surface area contributed by atoms with Crippen molar-refractivity contribution in [3.05, 3.63) is 36.5 Å². The molecular weight excluding hydrogens is 268 g/mol. The average molecular weight is 286 g/mol. The van der Waals surface area contributed by atoms with E-state index in [0.29, 0.717) is 19.6 Å². The molecule has 21 heavy (non-hydrogen) atoms. The van der Waals surface area contributed by atoms with Crippen molar-refractivity contribution in [1.82, 2.24) is 15.5 Å². The molecule has 1 amide bonds. The molecule has 1 aromatic heterocycles. The van der Waals surface area contributed by atoms with Gasteiger partial charge in [-0.2, -0.15) is 5.10 Å². The van der Waals surface area contributed by atoms with Gasteiger partial charge in [0.05, 0.1) is 18.9 Å². The van der Waals surface area contributed by atoms with Crippen molar-refractivity contribution in [2.75, 3.05) is 25.1 Å². The number of aromatic nitrogens is 2. The predicted molar refractivity (Wildman–Crippen MR) is 79.9 cm³/mol. The highest BCUT2D eigenvalue weighted by molar-refractivity contribution is 5.91. The monoisotopic (exact) mass is 286 g/mol. The van der Waals surface area contributed by atoms with Crippen molar-refractivity contribution in [3.8, 4) is 11.3 Å².